The number of benzene rings is 1. The van der Waals surface area contributed by atoms with Gasteiger partial charge in [0, 0.05) is 12.5 Å². The lowest BCUT2D eigenvalue weighted by Gasteiger charge is -2.06. The molecule has 0 aliphatic carbocycles. The van der Waals surface area contributed by atoms with Crippen LogP contribution in [0.25, 0.3) is 0 Å². The van der Waals surface area contributed by atoms with E-state index in [0.29, 0.717) is 18.0 Å². The van der Waals surface area contributed by atoms with Gasteiger partial charge in [0.05, 0.1) is 6.54 Å². The van der Waals surface area contributed by atoms with Gasteiger partial charge < -0.3 is 15.2 Å². The SMILES string of the molecule is Cc1cc(NC(=O)CNC(=O)CCCc2ccc(C)c(C)c2)no1. The zero-order valence-corrected chi connectivity index (χ0v) is 14.3. The number of aryl methyl sites for hydroxylation is 4. The maximum Gasteiger partial charge on any atom is 0.245 e. The molecule has 1 aromatic carbocycles. The standard InChI is InChI=1S/C18H23N3O3/c1-12-7-8-15(9-13(12)2)5-4-6-17(22)19-11-18(23)20-16-10-14(3)24-21-16/h7-10H,4-6,11H2,1-3H3,(H,19,22)(H,20,21,23). The molecule has 1 aromatic heterocycles. The highest BCUT2D eigenvalue weighted by Crippen LogP contribution is 2.12. The average Bonchev–Trinajstić information content (AvgIpc) is 2.94. The van der Waals surface area contributed by atoms with Gasteiger partial charge in [-0.05, 0) is 50.3 Å². The van der Waals surface area contributed by atoms with Gasteiger partial charge >= 0.3 is 0 Å². The molecule has 6 heteroatoms. The Bertz CT molecular complexity index is 722. The molecule has 0 saturated heterocycles. The summed E-state index contributed by atoms with van der Waals surface area (Å²) < 4.78 is 4.85. The maximum atomic E-state index is 11.8. The third kappa shape index (κ3) is 5.53. The number of nitrogens with zero attached hydrogens (tertiary/aromatic N) is 1. The maximum absolute atomic E-state index is 11.8. The molecule has 0 fully saturated rings. The van der Waals surface area contributed by atoms with Gasteiger partial charge in [-0.15, -0.1) is 0 Å². The van der Waals surface area contributed by atoms with Crippen LogP contribution in [-0.4, -0.2) is 23.5 Å². The van der Waals surface area contributed by atoms with E-state index in [0.717, 1.165) is 12.8 Å². The molecule has 6 nitrogen and oxygen atoms in total. The highest BCUT2D eigenvalue weighted by Gasteiger charge is 2.08. The fourth-order valence-electron chi connectivity index (χ4n) is 2.29. The third-order valence-corrected chi connectivity index (χ3v) is 3.78. The van der Waals surface area contributed by atoms with Gasteiger partial charge in [0.25, 0.3) is 0 Å². The highest BCUT2D eigenvalue weighted by atomic mass is 16.5. The van der Waals surface area contributed by atoms with E-state index in [9.17, 15) is 9.59 Å². The second kappa shape index (κ2) is 8.29. The molecule has 2 amide bonds. The minimum atomic E-state index is -0.328. The normalized spacial score (nSPS) is 10.5. The van der Waals surface area contributed by atoms with Crippen molar-refractivity contribution < 1.29 is 14.1 Å². The fourth-order valence-corrected chi connectivity index (χ4v) is 2.29. The molecule has 24 heavy (non-hydrogen) atoms. The summed E-state index contributed by atoms with van der Waals surface area (Å²) in [6, 6.07) is 7.96. The van der Waals surface area contributed by atoms with Crippen LogP contribution in [-0.2, 0) is 16.0 Å². The van der Waals surface area contributed by atoms with Gasteiger partial charge in [-0.3, -0.25) is 9.59 Å². The van der Waals surface area contributed by atoms with Gasteiger partial charge in [0.2, 0.25) is 11.8 Å². The predicted octanol–water partition coefficient (Wildman–Crippen LogP) is 2.68. The van der Waals surface area contributed by atoms with Crippen LogP contribution in [0.2, 0.25) is 0 Å². The first-order valence-electron chi connectivity index (χ1n) is 8.00. The van der Waals surface area contributed by atoms with Crippen molar-refractivity contribution in [3.63, 3.8) is 0 Å². The number of carbonyl (C=O) groups excluding carboxylic acids is 2. The highest BCUT2D eigenvalue weighted by molar-refractivity contribution is 5.93. The van der Waals surface area contributed by atoms with Crippen LogP contribution in [0.1, 0.15) is 35.3 Å². The van der Waals surface area contributed by atoms with Gasteiger partial charge in [-0.1, -0.05) is 23.4 Å². The van der Waals surface area contributed by atoms with E-state index in [-0.39, 0.29) is 18.4 Å². The third-order valence-electron chi connectivity index (χ3n) is 3.78. The largest absolute Gasteiger partial charge is 0.360 e. The molecule has 0 radical (unpaired) electrons. The van der Waals surface area contributed by atoms with E-state index < -0.39 is 0 Å². The zero-order valence-electron chi connectivity index (χ0n) is 14.3. The number of hydrogen-bond donors (Lipinski definition) is 2. The number of anilines is 1. The number of carbonyl (C=O) groups is 2. The van der Waals surface area contributed by atoms with E-state index in [1.807, 2.05) is 0 Å². The number of rotatable bonds is 7. The number of amides is 2. The molecule has 128 valence electrons. The van der Waals surface area contributed by atoms with Crippen molar-refractivity contribution in [1.82, 2.24) is 10.5 Å². The van der Waals surface area contributed by atoms with Crippen molar-refractivity contribution in [2.24, 2.45) is 0 Å². The molecule has 0 aliphatic heterocycles. The lowest BCUT2D eigenvalue weighted by molar-refractivity contribution is -0.124. The summed E-state index contributed by atoms with van der Waals surface area (Å²) in [7, 11) is 0. The van der Waals surface area contributed by atoms with Gasteiger partial charge in [0.15, 0.2) is 5.82 Å². The molecule has 2 aromatic rings. The first kappa shape index (κ1) is 17.7. The molecule has 0 saturated carbocycles. The monoisotopic (exact) mass is 329 g/mol. The summed E-state index contributed by atoms with van der Waals surface area (Å²) >= 11 is 0. The first-order chi connectivity index (χ1) is 11.4. The minimum Gasteiger partial charge on any atom is -0.360 e. The predicted molar refractivity (Wildman–Crippen MR) is 91.7 cm³/mol. The molecule has 2 rings (SSSR count). The lowest BCUT2D eigenvalue weighted by atomic mass is 10.0. The van der Waals surface area contributed by atoms with E-state index in [4.69, 9.17) is 4.52 Å². The smallest absolute Gasteiger partial charge is 0.245 e. The summed E-state index contributed by atoms with van der Waals surface area (Å²) in [5.41, 5.74) is 3.76. The van der Waals surface area contributed by atoms with Crippen LogP contribution in [0.4, 0.5) is 5.82 Å². The van der Waals surface area contributed by atoms with Crippen LogP contribution in [0.5, 0.6) is 0 Å². The van der Waals surface area contributed by atoms with Gasteiger partial charge in [-0.2, -0.15) is 0 Å². The van der Waals surface area contributed by atoms with E-state index in [1.54, 1.807) is 13.0 Å². The van der Waals surface area contributed by atoms with Crippen molar-refractivity contribution in [2.75, 3.05) is 11.9 Å². The van der Waals surface area contributed by atoms with Crippen molar-refractivity contribution >= 4 is 17.6 Å². The second-order valence-electron chi connectivity index (χ2n) is 5.92. The molecule has 0 bridgehead atoms. The molecular formula is C18H23N3O3. The average molecular weight is 329 g/mol. The summed E-state index contributed by atoms with van der Waals surface area (Å²) in [6.45, 7) is 5.83. The minimum absolute atomic E-state index is 0.0750. The van der Waals surface area contributed by atoms with Crippen LogP contribution < -0.4 is 10.6 Å². The van der Waals surface area contributed by atoms with Crippen molar-refractivity contribution in [2.45, 2.75) is 40.0 Å². The van der Waals surface area contributed by atoms with Crippen LogP contribution >= 0.6 is 0 Å². The summed E-state index contributed by atoms with van der Waals surface area (Å²) in [4.78, 5) is 23.5. The lowest BCUT2D eigenvalue weighted by Crippen LogP contribution is -2.32. The Morgan fingerprint density at radius 3 is 2.54 bits per heavy atom. The molecule has 1 heterocycles. The Morgan fingerprint density at radius 2 is 1.88 bits per heavy atom. The molecule has 2 N–H and O–H groups in total. The van der Waals surface area contributed by atoms with Crippen LogP contribution in [0, 0.1) is 20.8 Å². The van der Waals surface area contributed by atoms with Crippen LogP contribution in [0.3, 0.4) is 0 Å². The number of hydrogen-bond acceptors (Lipinski definition) is 4. The van der Waals surface area contributed by atoms with E-state index in [2.05, 4.69) is 47.8 Å². The molecule has 0 unspecified atom stereocenters. The van der Waals surface area contributed by atoms with E-state index >= 15 is 0 Å². The zero-order chi connectivity index (χ0) is 17.5. The Morgan fingerprint density at radius 1 is 1.08 bits per heavy atom. The molecular weight excluding hydrogens is 306 g/mol. The van der Waals surface area contributed by atoms with Gasteiger partial charge in [-0.25, -0.2) is 0 Å². The topological polar surface area (TPSA) is 84.2 Å². The molecule has 0 spiro atoms. The van der Waals surface area contributed by atoms with Gasteiger partial charge in [0.1, 0.15) is 5.76 Å². The fraction of sp³-hybridized carbons (Fsp3) is 0.389. The molecule has 0 aliphatic rings. The van der Waals surface area contributed by atoms with E-state index in [1.165, 1.54) is 16.7 Å². The summed E-state index contributed by atoms with van der Waals surface area (Å²) in [5.74, 6) is 0.498. The second-order valence-corrected chi connectivity index (χ2v) is 5.92. The van der Waals surface area contributed by atoms with Crippen molar-refractivity contribution in [3.05, 3.63) is 46.7 Å². The Balaban J connectivity index is 1.65. The number of aromatic nitrogens is 1. The van der Waals surface area contributed by atoms with Crippen molar-refractivity contribution in [1.29, 1.82) is 0 Å². The Hall–Kier alpha value is -2.63. The number of nitrogens with one attached hydrogen (secondary N) is 2. The molecule has 0 atom stereocenters. The van der Waals surface area contributed by atoms with Crippen molar-refractivity contribution in [3.8, 4) is 0 Å². The van der Waals surface area contributed by atoms with Crippen LogP contribution in [0.15, 0.2) is 28.8 Å². The first-order valence-corrected chi connectivity index (χ1v) is 8.00. The summed E-state index contributed by atoms with van der Waals surface area (Å²) in [6.07, 6.45) is 1.99. The Kier molecular flexibility index (Phi) is 6.12. The Labute approximate surface area is 141 Å². The quantitative estimate of drug-likeness (QED) is 0.818. The summed E-state index contributed by atoms with van der Waals surface area (Å²) in [5, 5.41) is 8.82.